The molecule has 0 aliphatic carbocycles. The molecule has 0 bridgehead atoms. The molecule has 1 radical (unpaired) electrons. The molecular weight excluding hydrogens is 853 g/mol. The third-order valence-electron chi connectivity index (χ3n) is 10.1. The van der Waals surface area contributed by atoms with Gasteiger partial charge in [-0.05, 0) is 116 Å². The second-order valence-electron chi connectivity index (χ2n) is 14.2. The van der Waals surface area contributed by atoms with Crippen LogP contribution in [0.3, 0.4) is 0 Å². The van der Waals surface area contributed by atoms with Crippen LogP contribution in [-0.4, -0.2) is 19.9 Å². The molecule has 0 amide bonds. The molecule has 0 atom stereocenters. The third kappa shape index (κ3) is 7.36. The second-order valence-corrected chi connectivity index (χ2v) is 14.2. The average Bonchev–Trinajstić information content (AvgIpc) is 3.54. The molecule has 6 heteroatoms. The summed E-state index contributed by atoms with van der Waals surface area (Å²) in [5, 5.41) is 3.17. The van der Waals surface area contributed by atoms with Crippen LogP contribution in [0.1, 0.15) is 39.1 Å². The molecule has 0 spiro atoms. The van der Waals surface area contributed by atoms with E-state index in [0.29, 0.717) is 5.71 Å². The van der Waals surface area contributed by atoms with Crippen LogP contribution in [0.15, 0.2) is 120 Å². The summed E-state index contributed by atoms with van der Waals surface area (Å²) >= 11 is 0. The van der Waals surface area contributed by atoms with Crippen molar-refractivity contribution in [1.82, 2.24) is 19.9 Å². The molecule has 5 nitrogen and oxygen atoms in total. The van der Waals surface area contributed by atoms with Gasteiger partial charge >= 0.3 is 0 Å². The fraction of sp³-hybridized carbons (Fsp3) is 0.143. The smallest absolute Gasteiger partial charge is 0.216 e. The molecule has 5 heterocycles. The van der Waals surface area contributed by atoms with Crippen LogP contribution >= 0.6 is 0 Å². The fourth-order valence-electron chi connectivity index (χ4n) is 7.15. The molecule has 0 saturated heterocycles. The number of fused-ring (bicyclic) bond motifs is 4. The maximum Gasteiger partial charge on any atom is 0.216 e. The number of furan rings is 1. The molecule has 0 saturated carbocycles. The van der Waals surface area contributed by atoms with E-state index in [2.05, 4.69) is 123 Å². The van der Waals surface area contributed by atoms with Crippen LogP contribution in [0.2, 0.25) is 0 Å². The van der Waals surface area contributed by atoms with E-state index in [1.165, 1.54) is 38.9 Å². The van der Waals surface area contributed by atoms with Gasteiger partial charge in [0.25, 0.3) is 0 Å². The molecular formula is C49H40IrN4O-2. The number of aromatic nitrogens is 4. The van der Waals surface area contributed by atoms with Gasteiger partial charge in [-0.2, -0.15) is 0 Å². The molecule has 55 heavy (non-hydrogen) atoms. The first-order valence-corrected chi connectivity index (χ1v) is 18.2. The van der Waals surface area contributed by atoms with Crippen LogP contribution < -0.4 is 0 Å². The maximum atomic E-state index is 6.25. The SMILES string of the molecule is Cc1c[c-]c(-c2ccc(C)cn2)cc1.Cc1ccc2c(n1)oc1c(-c3cc(-c4ccc5nc(-c6c(C)cccc6C)ccc5c4C)c(C)cn3)[c-]ccc12.[Ir]. The standard InChI is InChI=1S/C36H28N3O.C13H12N.Ir/c1-20-8-6-9-21(2)34(20)32-17-15-26-24(5)25(14-16-31(26)39-32)30-18-33(37-19-22(30)3)29-11-7-10-27-28-13-12-23(4)38-36(28)40-35(27)29;1-10-3-6-12(7-4-10)13-8-5-11(2)9-14-13;/h6-10,12-19H,1-5H3;3-6,8-9H,1-2H3;/q2*-1;. The normalized spacial score (nSPS) is 11.0. The summed E-state index contributed by atoms with van der Waals surface area (Å²) < 4.78 is 6.25. The summed E-state index contributed by atoms with van der Waals surface area (Å²) in [6.07, 6.45) is 3.82. The van der Waals surface area contributed by atoms with Gasteiger partial charge in [0, 0.05) is 54.5 Å². The minimum Gasteiger partial charge on any atom is -0.486 e. The Morgan fingerprint density at radius 2 is 1.31 bits per heavy atom. The number of hydrogen-bond donors (Lipinski definition) is 0. The van der Waals surface area contributed by atoms with Crippen LogP contribution in [0, 0.1) is 60.6 Å². The maximum absolute atomic E-state index is 6.25. The number of rotatable bonds is 4. The van der Waals surface area contributed by atoms with Gasteiger partial charge in [0.2, 0.25) is 5.71 Å². The molecule has 0 aliphatic rings. The number of aryl methyl sites for hydroxylation is 7. The Balaban J connectivity index is 0.000000262. The van der Waals surface area contributed by atoms with Gasteiger partial charge in [0.1, 0.15) is 0 Å². The van der Waals surface area contributed by atoms with Crippen molar-refractivity contribution < 1.29 is 24.5 Å². The van der Waals surface area contributed by atoms with E-state index < -0.39 is 0 Å². The van der Waals surface area contributed by atoms with Gasteiger partial charge in [-0.15, -0.1) is 53.6 Å². The molecule has 0 N–H and O–H groups in total. The Labute approximate surface area is 335 Å². The van der Waals surface area contributed by atoms with Crippen LogP contribution in [0.4, 0.5) is 0 Å². The molecule has 9 rings (SSSR count). The van der Waals surface area contributed by atoms with Gasteiger partial charge < -0.3 is 14.4 Å². The van der Waals surface area contributed by atoms with Crippen molar-refractivity contribution in [2.24, 2.45) is 0 Å². The third-order valence-corrected chi connectivity index (χ3v) is 10.1. The summed E-state index contributed by atoms with van der Waals surface area (Å²) in [5.74, 6) is 0. The van der Waals surface area contributed by atoms with E-state index in [1.54, 1.807) is 0 Å². The molecule has 273 valence electrons. The summed E-state index contributed by atoms with van der Waals surface area (Å²) in [6.45, 7) is 14.6. The van der Waals surface area contributed by atoms with Crippen molar-refractivity contribution in [1.29, 1.82) is 0 Å². The van der Waals surface area contributed by atoms with E-state index in [0.717, 1.165) is 72.3 Å². The number of nitrogens with zero attached hydrogens (tertiary/aromatic N) is 4. The minimum absolute atomic E-state index is 0. The largest absolute Gasteiger partial charge is 0.486 e. The van der Waals surface area contributed by atoms with E-state index in [9.17, 15) is 0 Å². The first-order valence-electron chi connectivity index (χ1n) is 18.2. The van der Waals surface area contributed by atoms with Gasteiger partial charge in [-0.1, -0.05) is 66.4 Å². The predicted molar refractivity (Wildman–Crippen MR) is 221 cm³/mol. The summed E-state index contributed by atoms with van der Waals surface area (Å²) in [5.41, 5.74) is 18.7. The van der Waals surface area contributed by atoms with E-state index >= 15 is 0 Å². The minimum atomic E-state index is 0. The monoisotopic (exact) mass is 893 g/mol. The van der Waals surface area contributed by atoms with Crippen LogP contribution in [0.5, 0.6) is 0 Å². The zero-order chi connectivity index (χ0) is 37.5. The first kappa shape index (κ1) is 37.5. The number of pyridine rings is 4. The Morgan fingerprint density at radius 1 is 0.564 bits per heavy atom. The Hall–Kier alpha value is -5.81. The van der Waals surface area contributed by atoms with Crippen LogP contribution in [-0.2, 0) is 20.1 Å². The van der Waals surface area contributed by atoms with Gasteiger partial charge in [-0.3, -0.25) is 0 Å². The van der Waals surface area contributed by atoms with Crippen molar-refractivity contribution >= 4 is 33.0 Å². The first-order chi connectivity index (χ1) is 26.1. The topological polar surface area (TPSA) is 64.7 Å². The van der Waals surface area contributed by atoms with Crippen molar-refractivity contribution in [3.63, 3.8) is 0 Å². The molecule has 0 aliphatic heterocycles. The Morgan fingerprint density at radius 3 is 2.05 bits per heavy atom. The predicted octanol–water partition coefficient (Wildman–Crippen LogP) is 12.4. The molecule has 9 aromatic rings. The van der Waals surface area contributed by atoms with Crippen molar-refractivity contribution in [3.05, 3.63) is 167 Å². The zero-order valence-electron chi connectivity index (χ0n) is 32.0. The van der Waals surface area contributed by atoms with E-state index in [4.69, 9.17) is 14.4 Å². The summed E-state index contributed by atoms with van der Waals surface area (Å²) in [7, 11) is 0. The van der Waals surface area contributed by atoms with Crippen molar-refractivity contribution in [3.8, 4) is 44.9 Å². The van der Waals surface area contributed by atoms with Crippen molar-refractivity contribution in [2.75, 3.05) is 0 Å². The zero-order valence-corrected chi connectivity index (χ0v) is 34.4. The quantitative estimate of drug-likeness (QED) is 0.165. The Bertz CT molecular complexity index is 2780. The molecule has 0 fully saturated rings. The summed E-state index contributed by atoms with van der Waals surface area (Å²) in [6, 6.07) is 42.1. The van der Waals surface area contributed by atoms with Crippen molar-refractivity contribution in [2.45, 2.75) is 48.5 Å². The number of hydrogen-bond acceptors (Lipinski definition) is 5. The molecule has 0 unspecified atom stereocenters. The molecule has 4 aromatic carbocycles. The van der Waals surface area contributed by atoms with E-state index in [1.807, 2.05) is 62.6 Å². The molecule has 5 aromatic heterocycles. The number of benzene rings is 4. The van der Waals surface area contributed by atoms with Crippen LogP contribution in [0.25, 0.3) is 77.9 Å². The van der Waals surface area contributed by atoms with Gasteiger partial charge in [0.15, 0.2) is 0 Å². The Kier molecular flexibility index (Phi) is 10.6. The van der Waals surface area contributed by atoms with E-state index in [-0.39, 0.29) is 20.1 Å². The summed E-state index contributed by atoms with van der Waals surface area (Å²) in [4.78, 5) is 18.8. The second kappa shape index (κ2) is 15.5. The average molecular weight is 893 g/mol. The van der Waals surface area contributed by atoms with Gasteiger partial charge in [0.05, 0.1) is 16.8 Å². The fourth-order valence-corrected chi connectivity index (χ4v) is 7.15. The van der Waals surface area contributed by atoms with Gasteiger partial charge in [-0.25, -0.2) is 9.97 Å².